The molecular weight excluding hydrogens is 304 g/mol. The van der Waals surface area contributed by atoms with Gasteiger partial charge in [-0.3, -0.25) is 4.79 Å². The standard InChI is InChI=1S/C19H30N2O3/c1-11(2)7-14(20)18(23)24-15-9-12(3)8-13(4)17(15)19(5,6)10-16(21)22/h8-9,11,14H,7,10,20H2,1-6H3,(H2,21,22)/t14-/m0/s1. The van der Waals surface area contributed by atoms with E-state index in [0.717, 1.165) is 16.7 Å². The van der Waals surface area contributed by atoms with Crippen LogP contribution in [0.1, 0.15) is 57.2 Å². The van der Waals surface area contributed by atoms with Crippen molar-refractivity contribution in [2.24, 2.45) is 17.4 Å². The highest BCUT2D eigenvalue weighted by molar-refractivity contribution is 5.79. The predicted molar refractivity (Wildman–Crippen MR) is 95.8 cm³/mol. The zero-order valence-corrected chi connectivity index (χ0v) is 15.6. The number of benzene rings is 1. The van der Waals surface area contributed by atoms with Gasteiger partial charge in [-0.2, -0.15) is 0 Å². The molecule has 0 fully saturated rings. The van der Waals surface area contributed by atoms with Gasteiger partial charge in [-0.15, -0.1) is 0 Å². The summed E-state index contributed by atoms with van der Waals surface area (Å²) >= 11 is 0. The SMILES string of the molecule is Cc1cc(C)c(C(C)(C)CC(N)=O)c(OC(=O)[C@@H](N)CC(C)C)c1. The number of rotatable bonds is 7. The lowest BCUT2D eigenvalue weighted by Gasteiger charge is -2.28. The van der Waals surface area contributed by atoms with E-state index in [4.69, 9.17) is 16.2 Å². The summed E-state index contributed by atoms with van der Waals surface area (Å²) in [5.41, 5.74) is 13.5. The first-order valence-corrected chi connectivity index (χ1v) is 8.31. The van der Waals surface area contributed by atoms with Crippen molar-refractivity contribution in [3.63, 3.8) is 0 Å². The normalized spacial score (nSPS) is 13.0. The molecule has 1 rings (SSSR count). The number of carbonyl (C=O) groups excluding carboxylic acids is 2. The van der Waals surface area contributed by atoms with Crippen LogP contribution in [-0.4, -0.2) is 17.9 Å². The summed E-state index contributed by atoms with van der Waals surface area (Å²) in [6.45, 7) is 11.7. The molecule has 0 radical (unpaired) electrons. The zero-order valence-electron chi connectivity index (χ0n) is 15.6. The maximum Gasteiger partial charge on any atom is 0.328 e. The first kappa shape index (κ1) is 20.2. The largest absolute Gasteiger partial charge is 0.425 e. The van der Waals surface area contributed by atoms with E-state index in [9.17, 15) is 9.59 Å². The third-order valence-electron chi connectivity index (χ3n) is 3.98. The fraction of sp³-hybridized carbons (Fsp3) is 0.579. The van der Waals surface area contributed by atoms with Crippen molar-refractivity contribution >= 4 is 11.9 Å². The minimum atomic E-state index is -0.669. The van der Waals surface area contributed by atoms with Crippen molar-refractivity contribution in [1.82, 2.24) is 0 Å². The van der Waals surface area contributed by atoms with Gasteiger partial charge in [-0.25, -0.2) is 4.79 Å². The minimum absolute atomic E-state index is 0.166. The molecule has 5 heteroatoms. The highest BCUT2D eigenvalue weighted by atomic mass is 16.5. The Morgan fingerprint density at radius 1 is 1.21 bits per heavy atom. The minimum Gasteiger partial charge on any atom is -0.425 e. The van der Waals surface area contributed by atoms with Gasteiger partial charge in [0.25, 0.3) is 0 Å². The van der Waals surface area contributed by atoms with E-state index in [1.807, 2.05) is 53.7 Å². The topological polar surface area (TPSA) is 95.4 Å². The Morgan fingerprint density at radius 2 is 1.79 bits per heavy atom. The molecule has 0 bridgehead atoms. The van der Waals surface area contributed by atoms with Crippen molar-refractivity contribution in [3.8, 4) is 5.75 Å². The zero-order chi connectivity index (χ0) is 18.7. The molecule has 0 aromatic heterocycles. The third-order valence-corrected chi connectivity index (χ3v) is 3.98. The van der Waals surface area contributed by atoms with Crippen LogP contribution in [0, 0.1) is 19.8 Å². The lowest BCUT2D eigenvalue weighted by atomic mass is 9.78. The molecule has 0 aliphatic carbocycles. The van der Waals surface area contributed by atoms with Crippen LogP contribution in [0.3, 0.4) is 0 Å². The van der Waals surface area contributed by atoms with E-state index in [0.29, 0.717) is 18.1 Å². The number of ether oxygens (including phenoxy) is 1. The van der Waals surface area contributed by atoms with Crippen molar-refractivity contribution in [1.29, 1.82) is 0 Å². The molecule has 0 aliphatic heterocycles. The van der Waals surface area contributed by atoms with Crippen molar-refractivity contribution in [2.45, 2.75) is 65.8 Å². The molecule has 1 atom stereocenters. The number of aryl methyl sites for hydroxylation is 2. The summed E-state index contributed by atoms with van der Waals surface area (Å²) in [7, 11) is 0. The maximum atomic E-state index is 12.3. The van der Waals surface area contributed by atoms with Crippen LogP contribution in [0.25, 0.3) is 0 Å². The van der Waals surface area contributed by atoms with Crippen LogP contribution >= 0.6 is 0 Å². The van der Waals surface area contributed by atoms with Gasteiger partial charge in [0.1, 0.15) is 11.8 Å². The van der Waals surface area contributed by atoms with Crippen molar-refractivity contribution in [2.75, 3.05) is 0 Å². The number of esters is 1. The number of hydrogen-bond donors (Lipinski definition) is 2. The van der Waals surface area contributed by atoms with E-state index < -0.39 is 23.3 Å². The first-order chi connectivity index (χ1) is 10.9. The molecular formula is C19H30N2O3. The van der Waals surface area contributed by atoms with Crippen LogP contribution in [0.15, 0.2) is 12.1 Å². The summed E-state index contributed by atoms with van der Waals surface area (Å²) in [5.74, 6) is -0.0842. The van der Waals surface area contributed by atoms with E-state index >= 15 is 0 Å². The van der Waals surface area contributed by atoms with Crippen molar-refractivity contribution < 1.29 is 14.3 Å². The first-order valence-electron chi connectivity index (χ1n) is 8.31. The van der Waals surface area contributed by atoms with Gasteiger partial charge in [0.05, 0.1) is 0 Å². The predicted octanol–water partition coefficient (Wildman–Crippen LogP) is 2.74. The van der Waals surface area contributed by atoms with Crippen LogP contribution in [0.5, 0.6) is 5.75 Å². The van der Waals surface area contributed by atoms with Crippen LogP contribution in [0.2, 0.25) is 0 Å². The van der Waals surface area contributed by atoms with Gasteiger partial charge in [-0.05, 0) is 43.4 Å². The van der Waals surface area contributed by atoms with Gasteiger partial charge < -0.3 is 16.2 Å². The van der Waals surface area contributed by atoms with Crippen LogP contribution in [-0.2, 0) is 15.0 Å². The summed E-state index contributed by atoms with van der Waals surface area (Å²) in [6.07, 6.45) is 0.725. The molecule has 24 heavy (non-hydrogen) atoms. The van der Waals surface area contributed by atoms with E-state index in [1.165, 1.54) is 0 Å². The second-order valence-electron chi connectivity index (χ2n) is 7.64. The fourth-order valence-electron chi connectivity index (χ4n) is 3.19. The lowest BCUT2D eigenvalue weighted by Crippen LogP contribution is -2.36. The molecule has 5 nitrogen and oxygen atoms in total. The smallest absolute Gasteiger partial charge is 0.328 e. The van der Waals surface area contributed by atoms with Gasteiger partial charge >= 0.3 is 5.97 Å². The van der Waals surface area contributed by atoms with Crippen LogP contribution < -0.4 is 16.2 Å². The Balaban J connectivity index is 3.23. The van der Waals surface area contributed by atoms with Crippen LogP contribution in [0.4, 0.5) is 0 Å². The second kappa shape index (κ2) is 7.79. The number of carbonyl (C=O) groups is 2. The highest BCUT2D eigenvalue weighted by Gasteiger charge is 2.30. The van der Waals surface area contributed by atoms with E-state index in [1.54, 1.807) is 0 Å². The van der Waals surface area contributed by atoms with E-state index in [2.05, 4.69) is 0 Å². The Kier molecular flexibility index (Phi) is 6.55. The third kappa shape index (κ3) is 5.34. The Morgan fingerprint density at radius 3 is 2.29 bits per heavy atom. The van der Waals surface area contributed by atoms with Gasteiger partial charge in [0.15, 0.2) is 0 Å². The lowest BCUT2D eigenvalue weighted by molar-refractivity contribution is -0.136. The summed E-state index contributed by atoms with van der Waals surface area (Å²) in [5, 5.41) is 0. The second-order valence-corrected chi connectivity index (χ2v) is 7.64. The quantitative estimate of drug-likeness (QED) is 0.592. The molecule has 0 aliphatic rings. The number of hydrogen-bond acceptors (Lipinski definition) is 4. The Bertz CT molecular complexity index is 621. The van der Waals surface area contributed by atoms with Gasteiger partial charge in [0.2, 0.25) is 5.91 Å². The summed E-state index contributed by atoms with van der Waals surface area (Å²) in [4.78, 5) is 23.8. The molecule has 1 amide bonds. The fourth-order valence-corrected chi connectivity index (χ4v) is 3.19. The summed E-state index contributed by atoms with van der Waals surface area (Å²) in [6, 6.07) is 3.15. The highest BCUT2D eigenvalue weighted by Crippen LogP contribution is 2.38. The average Bonchev–Trinajstić information content (AvgIpc) is 2.34. The Labute approximate surface area is 144 Å². The number of nitrogens with two attached hydrogens (primary N) is 2. The molecule has 0 saturated carbocycles. The molecule has 1 aromatic carbocycles. The monoisotopic (exact) mass is 334 g/mol. The molecule has 0 spiro atoms. The molecule has 0 heterocycles. The van der Waals surface area contributed by atoms with Crippen molar-refractivity contribution in [3.05, 3.63) is 28.8 Å². The molecule has 4 N–H and O–H groups in total. The summed E-state index contributed by atoms with van der Waals surface area (Å²) < 4.78 is 5.62. The number of primary amides is 1. The molecule has 134 valence electrons. The number of amides is 1. The Hall–Kier alpha value is -1.88. The maximum absolute atomic E-state index is 12.3. The average molecular weight is 334 g/mol. The van der Waals surface area contributed by atoms with Gasteiger partial charge in [0, 0.05) is 17.4 Å². The molecule has 0 unspecified atom stereocenters. The molecule has 0 saturated heterocycles. The van der Waals surface area contributed by atoms with E-state index in [-0.39, 0.29) is 6.42 Å². The molecule has 1 aromatic rings. The van der Waals surface area contributed by atoms with Gasteiger partial charge in [-0.1, -0.05) is 33.8 Å².